The normalized spacial score (nSPS) is 18.1. The van der Waals surface area contributed by atoms with Crippen LogP contribution in [0.5, 0.6) is 5.75 Å². The SMILES string of the molecule is CC(C)(C)[Si](OC1CCN(C2CCN(Cc3c(Cl)cc(OCc4ccccc4)cc3Cl)C2=O)CC1)(c1ccccc1)c1ccccc1. The molecule has 2 fully saturated rings. The molecule has 4 aromatic rings. The monoisotopic (exact) mass is 686 g/mol. The third-order valence-corrected chi connectivity index (χ3v) is 15.4. The molecule has 0 bridgehead atoms. The topological polar surface area (TPSA) is 42.0 Å². The molecule has 8 heteroatoms. The smallest absolute Gasteiger partial charge is 0.261 e. The molecule has 0 saturated carbocycles. The van der Waals surface area contributed by atoms with Gasteiger partial charge in [0.25, 0.3) is 8.32 Å². The molecule has 2 heterocycles. The Hall–Kier alpha value is -3.13. The first-order valence-corrected chi connectivity index (χ1v) is 19.3. The number of nitrogens with zero attached hydrogens (tertiary/aromatic N) is 2. The van der Waals surface area contributed by atoms with Crippen LogP contribution in [-0.4, -0.2) is 55.8 Å². The summed E-state index contributed by atoms with van der Waals surface area (Å²) in [4.78, 5) is 18.0. The molecule has 0 spiro atoms. The van der Waals surface area contributed by atoms with Crippen LogP contribution < -0.4 is 15.1 Å². The third-order valence-electron chi connectivity index (χ3n) is 9.66. The highest BCUT2D eigenvalue weighted by Gasteiger charge is 2.52. The number of hydrogen-bond acceptors (Lipinski definition) is 4. The number of carbonyl (C=O) groups excluding carboxylic acids is 1. The lowest BCUT2D eigenvalue weighted by Gasteiger charge is -2.47. The van der Waals surface area contributed by atoms with Crippen molar-refractivity contribution in [1.82, 2.24) is 9.80 Å². The van der Waals surface area contributed by atoms with Gasteiger partial charge in [0.15, 0.2) is 0 Å². The van der Waals surface area contributed by atoms with E-state index in [0.717, 1.165) is 43.5 Å². The van der Waals surface area contributed by atoms with E-state index in [2.05, 4.69) is 86.3 Å². The number of halogens is 2. The third kappa shape index (κ3) is 7.32. The fourth-order valence-electron chi connectivity index (χ4n) is 7.21. The zero-order chi connectivity index (χ0) is 33.0. The second kappa shape index (κ2) is 14.5. The quantitative estimate of drug-likeness (QED) is 0.160. The average molecular weight is 688 g/mol. The van der Waals surface area contributed by atoms with Gasteiger partial charge in [-0.3, -0.25) is 9.69 Å². The average Bonchev–Trinajstić information content (AvgIpc) is 3.44. The van der Waals surface area contributed by atoms with Crippen LogP contribution in [0.15, 0.2) is 103 Å². The summed E-state index contributed by atoms with van der Waals surface area (Å²) < 4.78 is 13.3. The van der Waals surface area contributed by atoms with Gasteiger partial charge in [-0.15, -0.1) is 0 Å². The molecule has 0 N–H and O–H groups in total. The summed E-state index contributed by atoms with van der Waals surface area (Å²) in [5.74, 6) is 0.759. The maximum Gasteiger partial charge on any atom is 0.261 e. The highest BCUT2D eigenvalue weighted by Crippen LogP contribution is 2.39. The van der Waals surface area contributed by atoms with Crippen LogP contribution in [0, 0.1) is 0 Å². The van der Waals surface area contributed by atoms with Crippen LogP contribution >= 0.6 is 23.2 Å². The lowest BCUT2D eigenvalue weighted by atomic mass is 10.1. The number of ether oxygens (including phenoxy) is 1. The number of rotatable bonds is 10. The van der Waals surface area contributed by atoms with E-state index in [4.69, 9.17) is 32.4 Å². The van der Waals surface area contributed by atoms with Crippen molar-refractivity contribution in [2.24, 2.45) is 0 Å². The highest BCUT2D eigenvalue weighted by atomic mass is 35.5. The van der Waals surface area contributed by atoms with Gasteiger partial charge in [0.2, 0.25) is 5.91 Å². The van der Waals surface area contributed by atoms with E-state index in [1.54, 1.807) is 12.1 Å². The van der Waals surface area contributed by atoms with Gasteiger partial charge in [-0.25, -0.2) is 0 Å². The minimum Gasteiger partial charge on any atom is -0.489 e. The number of carbonyl (C=O) groups is 1. The molecule has 2 saturated heterocycles. The van der Waals surface area contributed by atoms with Crippen LogP contribution in [-0.2, 0) is 22.4 Å². The summed E-state index contributed by atoms with van der Waals surface area (Å²) in [6.07, 6.45) is 2.73. The lowest BCUT2D eigenvalue weighted by molar-refractivity contribution is -0.133. The molecule has 246 valence electrons. The first-order chi connectivity index (χ1) is 22.7. The zero-order valence-electron chi connectivity index (χ0n) is 27.5. The number of hydrogen-bond donors (Lipinski definition) is 0. The van der Waals surface area contributed by atoms with Crippen LogP contribution in [0.2, 0.25) is 15.1 Å². The van der Waals surface area contributed by atoms with Crippen LogP contribution in [0.1, 0.15) is 51.2 Å². The summed E-state index contributed by atoms with van der Waals surface area (Å²) in [7, 11) is -2.62. The molecule has 2 aliphatic rings. The van der Waals surface area contributed by atoms with Crippen molar-refractivity contribution in [3.05, 3.63) is 124 Å². The Bertz CT molecular complexity index is 1580. The Morgan fingerprint density at radius 3 is 1.83 bits per heavy atom. The standard InChI is InChI=1S/C39H44Cl2N2O3Si/c1-39(2,3)47(32-15-9-5-10-16-32,33-17-11-6-12-18-33)46-30-19-22-42(23-20-30)37-21-24-43(38(37)44)27-34-35(40)25-31(26-36(34)41)45-28-29-13-7-4-8-14-29/h4-18,25-26,30,37H,19-24,27-28H2,1-3H3. The van der Waals surface area contributed by atoms with Gasteiger partial charge in [0, 0.05) is 37.8 Å². The van der Waals surface area contributed by atoms with Gasteiger partial charge < -0.3 is 14.1 Å². The summed E-state index contributed by atoms with van der Waals surface area (Å²) in [5.41, 5.74) is 1.82. The summed E-state index contributed by atoms with van der Waals surface area (Å²) in [6.45, 7) is 10.1. The van der Waals surface area contributed by atoms with Crippen molar-refractivity contribution in [3.8, 4) is 5.75 Å². The van der Waals surface area contributed by atoms with Crippen LogP contribution in [0.3, 0.4) is 0 Å². The van der Waals surface area contributed by atoms with Crippen molar-refractivity contribution < 1.29 is 14.0 Å². The van der Waals surface area contributed by atoms with Crippen molar-refractivity contribution in [3.63, 3.8) is 0 Å². The second-order valence-corrected chi connectivity index (χ2v) is 18.8. The van der Waals surface area contributed by atoms with Gasteiger partial charge in [0.05, 0.1) is 16.1 Å². The second-order valence-electron chi connectivity index (χ2n) is 13.7. The lowest BCUT2D eigenvalue weighted by Crippen LogP contribution is -2.68. The minimum absolute atomic E-state index is 0.0659. The summed E-state index contributed by atoms with van der Waals surface area (Å²) in [6, 6.07) is 35.1. The zero-order valence-corrected chi connectivity index (χ0v) is 30.0. The van der Waals surface area contributed by atoms with Crippen LogP contribution in [0.25, 0.3) is 0 Å². The molecule has 4 aromatic carbocycles. The highest BCUT2D eigenvalue weighted by molar-refractivity contribution is 6.99. The molecule has 1 amide bonds. The Morgan fingerprint density at radius 1 is 0.766 bits per heavy atom. The predicted molar refractivity (Wildman–Crippen MR) is 194 cm³/mol. The largest absolute Gasteiger partial charge is 0.489 e. The van der Waals surface area contributed by atoms with Crippen LogP contribution in [0.4, 0.5) is 0 Å². The molecule has 2 aliphatic heterocycles. The van der Waals surface area contributed by atoms with Gasteiger partial charge in [0.1, 0.15) is 12.4 Å². The molecular weight excluding hydrogens is 643 g/mol. The molecule has 0 radical (unpaired) electrons. The summed E-state index contributed by atoms with van der Waals surface area (Å²) >= 11 is 13.4. The number of likely N-dealkylation sites (tertiary alicyclic amines) is 2. The first kappa shape index (κ1) is 33.8. The Balaban J connectivity index is 1.09. The number of benzene rings is 4. The van der Waals surface area contributed by atoms with E-state index in [1.165, 1.54) is 10.4 Å². The molecular formula is C39H44Cl2N2O3Si. The minimum atomic E-state index is -2.62. The fraction of sp³-hybridized carbons (Fsp3) is 0.359. The van der Waals surface area contributed by atoms with E-state index < -0.39 is 8.32 Å². The van der Waals surface area contributed by atoms with Crippen molar-refractivity contribution in [2.45, 2.75) is 70.4 Å². The molecule has 0 aliphatic carbocycles. The maximum atomic E-state index is 13.7. The Labute approximate surface area is 290 Å². The van der Waals surface area contributed by atoms with Gasteiger partial charge in [-0.05, 0) is 52.4 Å². The van der Waals surface area contributed by atoms with Crippen molar-refractivity contribution in [1.29, 1.82) is 0 Å². The first-order valence-electron chi connectivity index (χ1n) is 16.6. The van der Waals surface area contributed by atoms with Gasteiger partial charge >= 0.3 is 0 Å². The molecule has 47 heavy (non-hydrogen) atoms. The van der Waals surface area contributed by atoms with Gasteiger partial charge in [-0.1, -0.05) is 135 Å². The van der Waals surface area contributed by atoms with E-state index in [9.17, 15) is 4.79 Å². The van der Waals surface area contributed by atoms with Crippen molar-refractivity contribution in [2.75, 3.05) is 19.6 Å². The Morgan fingerprint density at radius 2 is 1.30 bits per heavy atom. The van der Waals surface area contributed by atoms with Gasteiger partial charge in [-0.2, -0.15) is 0 Å². The molecule has 0 aromatic heterocycles. The molecule has 6 rings (SSSR count). The molecule has 1 unspecified atom stereocenters. The van der Waals surface area contributed by atoms with E-state index in [-0.39, 0.29) is 23.1 Å². The van der Waals surface area contributed by atoms with E-state index >= 15 is 0 Å². The van der Waals surface area contributed by atoms with E-state index in [1.807, 2.05) is 35.2 Å². The number of piperidine rings is 1. The van der Waals surface area contributed by atoms with E-state index in [0.29, 0.717) is 35.5 Å². The van der Waals surface area contributed by atoms with Crippen molar-refractivity contribution >= 4 is 47.8 Å². The summed E-state index contributed by atoms with van der Waals surface area (Å²) in [5, 5.41) is 3.56. The Kier molecular flexibility index (Phi) is 10.4. The fourth-order valence-corrected chi connectivity index (χ4v) is 12.5. The predicted octanol–water partition coefficient (Wildman–Crippen LogP) is 7.71. The number of amides is 1. The maximum absolute atomic E-state index is 13.7. The molecule has 5 nitrogen and oxygen atoms in total. The molecule has 1 atom stereocenters.